The predicted molar refractivity (Wildman–Crippen MR) is 122 cm³/mol. The number of likely N-dealkylation sites (tertiary alicyclic amines) is 2. The van der Waals surface area contributed by atoms with Gasteiger partial charge < -0.3 is 9.80 Å². The number of amides is 2. The van der Waals surface area contributed by atoms with Gasteiger partial charge in [0.05, 0.1) is 11.9 Å². The van der Waals surface area contributed by atoms with E-state index in [2.05, 4.69) is 20.2 Å². The number of nitrogens with zero attached hydrogens (tertiary/aromatic N) is 6. The summed E-state index contributed by atoms with van der Waals surface area (Å²) >= 11 is 0. The lowest BCUT2D eigenvalue weighted by Gasteiger charge is -2.60. The second-order valence-electron chi connectivity index (χ2n) is 12.2. The molecule has 2 aromatic rings. The number of hydrogen-bond acceptors (Lipinski definition) is 5. The first kappa shape index (κ1) is 22.5. The summed E-state index contributed by atoms with van der Waals surface area (Å²) in [4.78, 5) is 29.2. The Hall–Kier alpha value is -2.72. The van der Waals surface area contributed by atoms with Crippen molar-refractivity contribution in [3.8, 4) is 0 Å². The topological polar surface area (TPSA) is 90.9 Å². The monoisotopic (exact) mass is 501 g/mol. The summed E-state index contributed by atoms with van der Waals surface area (Å²) in [6.07, 6.45) is 5.89. The smallest absolute Gasteiger partial charge is 0.323 e. The number of hydrogen-bond donors (Lipinski definition) is 1. The Bertz CT molecular complexity index is 1160. The number of halogens is 3. The number of H-pyrrole nitrogens is 1. The largest absolute Gasteiger partial charge is 0.434 e. The summed E-state index contributed by atoms with van der Waals surface area (Å²) in [5, 5.41) is 7.54. The molecule has 7 rings (SSSR count). The molecule has 0 bridgehead atoms. The fourth-order valence-corrected chi connectivity index (χ4v) is 7.12. The first-order valence-electron chi connectivity index (χ1n) is 13.0. The third kappa shape index (κ3) is 3.85. The van der Waals surface area contributed by atoms with Gasteiger partial charge in [-0.15, -0.1) is 0 Å². The fraction of sp³-hybridized carbons (Fsp3) is 0.720. The van der Waals surface area contributed by atoms with E-state index in [1.165, 1.54) is 19.0 Å². The molecule has 2 amide bonds. The van der Waals surface area contributed by atoms with Crippen molar-refractivity contribution >= 4 is 6.03 Å². The van der Waals surface area contributed by atoms with Crippen LogP contribution in [-0.4, -0.2) is 67.2 Å². The minimum atomic E-state index is -4.46. The Kier molecular flexibility index (Phi) is 4.77. The van der Waals surface area contributed by atoms with Crippen LogP contribution in [0.2, 0.25) is 0 Å². The molecule has 4 heterocycles. The Morgan fingerprint density at radius 2 is 1.69 bits per heavy atom. The number of urea groups is 1. The van der Waals surface area contributed by atoms with Crippen LogP contribution in [0.15, 0.2) is 12.4 Å². The van der Waals surface area contributed by atoms with Gasteiger partial charge in [-0.25, -0.2) is 14.8 Å². The quantitative estimate of drug-likeness (QED) is 0.680. The Balaban J connectivity index is 0.860. The van der Waals surface area contributed by atoms with Gasteiger partial charge in [-0.05, 0) is 57.3 Å². The molecule has 2 aliphatic heterocycles. The highest BCUT2D eigenvalue weighted by Crippen LogP contribution is 2.56. The summed E-state index contributed by atoms with van der Waals surface area (Å²) in [7, 11) is 0. The van der Waals surface area contributed by atoms with Crippen LogP contribution in [0.4, 0.5) is 18.0 Å². The lowest BCUT2D eigenvalue weighted by molar-refractivity contribution is -0.141. The van der Waals surface area contributed by atoms with Gasteiger partial charge in [0.1, 0.15) is 5.82 Å². The number of nitrogens with one attached hydrogen (secondary N) is 1. The summed E-state index contributed by atoms with van der Waals surface area (Å²) in [6, 6.07) is 0.153. The first-order chi connectivity index (χ1) is 17.2. The highest BCUT2D eigenvalue weighted by molar-refractivity contribution is 5.77. The van der Waals surface area contributed by atoms with E-state index in [0.717, 1.165) is 76.1 Å². The maximum Gasteiger partial charge on any atom is 0.434 e. The van der Waals surface area contributed by atoms with E-state index in [-0.39, 0.29) is 16.9 Å². The molecule has 8 nitrogen and oxygen atoms in total. The minimum absolute atomic E-state index is 0.153. The summed E-state index contributed by atoms with van der Waals surface area (Å²) in [6.45, 7) is 3.24. The molecule has 5 fully saturated rings. The van der Waals surface area contributed by atoms with Gasteiger partial charge in [0, 0.05) is 55.0 Å². The van der Waals surface area contributed by atoms with E-state index >= 15 is 0 Å². The Morgan fingerprint density at radius 1 is 0.972 bits per heavy atom. The average molecular weight is 502 g/mol. The van der Waals surface area contributed by atoms with Crippen molar-refractivity contribution in [2.45, 2.75) is 69.4 Å². The van der Waals surface area contributed by atoms with Crippen molar-refractivity contribution < 1.29 is 18.0 Å². The molecule has 1 N–H and O–H groups in total. The van der Waals surface area contributed by atoms with Crippen molar-refractivity contribution in [2.75, 3.05) is 26.2 Å². The van der Waals surface area contributed by atoms with Crippen LogP contribution >= 0.6 is 0 Å². The molecular weight excluding hydrogens is 471 g/mol. The van der Waals surface area contributed by atoms with Crippen molar-refractivity contribution in [3.63, 3.8) is 0 Å². The second kappa shape index (κ2) is 7.64. The molecule has 5 aliphatic rings. The average Bonchev–Trinajstić information content (AvgIpc) is 3.34. The summed E-state index contributed by atoms with van der Waals surface area (Å²) in [5.41, 5.74) is 0.0720. The van der Waals surface area contributed by atoms with Gasteiger partial charge in [-0.3, -0.25) is 10.1 Å². The summed E-state index contributed by atoms with van der Waals surface area (Å²) in [5.74, 6) is 3.39. The van der Waals surface area contributed by atoms with E-state index in [9.17, 15) is 18.0 Å². The zero-order chi connectivity index (χ0) is 24.7. The van der Waals surface area contributed by atoms with Crippen molar-refractivity contribution in [1.29, 1.82) is 0 Å². The van der Waals surface area contributed by atoms with Crippen LogP contribution < -0.4 is 0 Å². The van der Waals surface area contributed by atoms with E-state index in [4.69, 9.17) is 4.98 Å². The Labute approximate surface area is 207 Å². The third-order valence-electron chi connectivity index (χ3n) is 9.15. The molecule has 2 spiro atoms. The molecule has 11 heteroatoms. The SMILES string of the molecule is O=C(N1CC2(CCC(Cc3cnc(C(F)(F)F)cn3)C2)C1)N1CC2(CC(c3n[nH]c(C4CC4)n3)C2)C1. The van der Waals surface area contributed by atoms with Crippen LogP contribution in [0.5, 0.6) is 0 Å². The molecule has 0 aromatic carbocycles. The molecule has 3 aliphatic carbocycles. The van der Waals surface area contributed by atoms with Gasteiger partial charge in [0.2, 0.25) is 0 Å². The van der Waals surface area contributed by atoms with Crippen molar-refractivity contribution in [1.82, 2.24) is 34.9 Å². The molecule has 2 aromatic heterocycles. The van der Waals surface area contributed by atoms with Gasteiger partial charge in [0.25, 0.3) is 0 Å². The number of carbonyl (C=O) groups is 1. The molecule has 0 radical (unpaired) electrons. The molecule has 2 saturated heterocycles. The number of rotatable bonds is 4. The van der Waals surface area contributed by atoms with Crippen molar-refractivity contribution in [3.05, 3.63) is 35.4 Å². The fourth-order valence-electron chi connectivity index (χ4n) is 7.12. The molecule has 1 atom stereocenters. The van der Waals surface area contributed by atoms with Crippen LogP contribution in [0.3, 0.4) is 0 Å². The normalized spacial score (nSPS) is 26.7. The number of carbonyl (C=O) groups excluding carboxylic acids is 1. The van der Waals surface area contributed by atoms with Crippen LogP contribution in [0.25, 0.3) is 0 Å². The first-order valence-corrected chi connectivity index (χ1v) is 13.0. The lowest BCUT2D eigenvalue weighted by atomic mass is 9.57. The van der Waals surface area contributed by atoms with E-state index in [1.807, 2.05) is 9.80 Å². The number of aromatic amines is 1. The molecular formula is C25H30F3N7O. The van der Waals surface area contributed by atoms with Crippen molar-refractivity contribution in [2.24, 2.45) is 16.7 Å². The van der Waals surface area contributed by atoms with Gasteiger partial charge in [0.15, 0.2) is 11.5 Å². The zero-order valence-corrected chi connectivity index (χ0v) is 20.1. The van der Waals surface area contributed by atoms with E-state index in [0.29, 0.717) is 29.9 Å². The van der Waals surface area contributed by atoms with E-state index < -0.39 is 11.9 Å². The number of aromatic nitrogens is 5. The maximum atomic E-state index is 13.0. The van der Waals surface area contributed by atoms with Gasteiger partial charge >= 0.3 is 12.2 Å². The predicted octanol–water partition coefficient (Wildman–Crippen LogP) is 4.14. The number of alkyl halides is 3. The van der Waals surface area contributed by atoms with Crippen LogP contribution in [0, 0.1) is 16.7 Å². The second-order valence-corrected chi connectivity index (χ2v) is 12.2. The maximum absolute atomic E-state index is 13.0. The zero-order valence-electron chi connectivity index (χ0n) is 20.1. The molecule has 36 heavy (non-hydrogen) atoms. The molecule has 1 unspecified atom stereocenters. The van der Waals surface area contributed by atoms with Crippen LogP contribution in [-0.2, 0) is 12.6 Å². The summed E-state index contributed by atoms with van der Waals surface area (Å²) < 4.78 is 38.1. The molecule has 3 saturated carbocycles. The third-order valence-corrected chi connectivity index (χ3v) is 9.15. The minimum Gasteiger partial charge on any atom is -0.323 e. The van der Waals surface area contributed by atoms with Gasteiger partial charge in [-0.2, -0.15) is 18.3 Å². The van der Waals surface area contributed by atoms with Gasteiger partial charge in [-0.1, -0.05) is 0 Å². The highest BCUT2D eigenvalue weighted by atomic mass is 19.4. The van der Waals surface area contributed by atoms with E-state index in [1.54, 1.807) is 0 Å². The highest BCUT2D eigenvalue weighted by Gasteiger charge is 2.57. The standard InChI is InChI=1S/C25H30F3N7O/c26-25(27,28)19-10-29-18(9-30-19)5-15-3-4-23(6-15)11-34(12-23)22(36)35-13-24(14-35)7-17(8-24)21-31-20(32-33-21)16-1-2-16/h9-10,15-17H,1-8,11-14H2,(H,31,32,33). The Morgan fingerprint density at radius 3 is 2.33 bits per heavy atom. The van der Waals surface area contributed by atoms with Crippen LogP contribution in [0.1, 0.15) is 79.8 Å². The molecule has 192 valence electrons. The lowest BCUT2D eigenvalue weighted by Crippen LogP contribution is -2.69.